The molecule has 0 unspecified atom stereocenters. The third-order valence-corrected chi connectivity index (χ3v) is 9.83. The first-order valence-corrected chi connectivity index (χ1v) is 11.0. The van der Waals surface area contributed by atoms with Crippen molar-refractivity contribution in [3.63, 3.8) is 0 Å². The largest absolute Gasteiger partial charge is 0.407 e. The number of hydrogen-bond donors (Lipinski definition) is 0. The second-order valence-electron chi connectivity index (χ2n) is 8.44. The van der Waals surface area contributed by atoms with Crippen LogP contribution in [0.3, 0.4) is 0 Å². The van der Waals surface area contributed by atoms with E-state index in [0.29, 0.717) is 5.92 Å². The fraction of sp³-hybridized carbons (Fsp3) is 0.882. The van der Waals surface area contributed by atoms with Crippen LogP contribution in [-0.4, -0.2) is 32.4 Å². The zero-order valence-corrected chi connectivity index (χ0v) is 16.1. The molecule has 1 aliphatic heterocycles. The van der Waals surface area contributed by atoms with E-state index in [1.165, 1.54) is 5.57 Å². The zero-order valence-electron chi connectivity index (χ0n) is 15.1. The molecular weight excluding hydrogens is 280 g/mol. The van der Waals surface area contributed by atoms with Crippen molar-refractivity contribution in [3.8, 4) is 0 Å². The molecular formula is C17H32O3Si. The highest BCUT2D eigenvalue weighted by Crippen LogP contribution is 2.48. The van der Waals surface area contributed by atoms with Gasteiger partial charge in [0.1, 0.15) is 6.10 Å². The number of fused-ring (bicyclic) bond motifs is 1. The Labute approximate surface area is 131 Å². The lowest BCUT2D eigenvalue weighted by molar-refractivity contribution is -0.159. The van der Waals surface area contributed by atoms with E-state index in [-0.39, 0.29) is 23.4 Å². The van der Waals surface area contributed by atoms with E-state index in [4.69, 9.17) is 13.9 Å². The number of allylic oxidation sites excluding steroid dienone is 1. The number of rotatable bonds is 2. The molecule has 122 valence electrons. The minimum atomic E-state index is -1.84. The van der Waals surface area contributed by atoms with Gasteiger partial charge in [0.15, 0.2) is 14.1 Å². The van der Waals surface area contributed by atoms with Gasteiger partial charge in [0, 0.05) is 5.92 Å². The van der Waals surface area contributed by atoms with E-state index in [0.717, 1.165) is 0 Å². The number of ether oxygens (including phenoxy) is 2. The van der Waals surface area contributed by atoms with Crippen molar-refractivity contribution in [2.24, 2.45) is 5.92 Å². The fourth-order valence-electron chi connectivity index (χ4n) is 3.13. The molecule has 1 saturated heterocycles. The number of hydrogen-bond acceptors (Lipinski definition) is 3. The van der Waals surface area contributed by atoms with Crippen LogP contribution >= 0.6 is 0 Å². The summed E-state index contributed by atoms with van der Waals surface area (Å²) in [6, 6.07) is 0. The Balaban J connectivity index is 2.29. The van der Waals surface area contributed by atoms with Gasteiger partial charge in [-0.25, -0.2) is 0 Å². The van der Waals surface area contributed by atoms with Crippen LogP contribution in [0.15, 0.2) is 11.6 Å². The molecule has 0 spiro atoms. The lowest BCUT2D eigenvalue weighted by atomic mass is 10.0. The van der Waals surface area contributed by atoms with E-state index in [2.05, 4.69) is 53.8 Å². The molecule has 0 N–H and O–H groups in total. The molecule has 3 nitrogen and oxygen atoms in total. The van der Waals surface area contributed by atoms with Crippen molar-refractivity contribution in [1.29, 1.82) is 0 Å². The first kappa shape index (κ1) is 17.2. The molecule has 2 rings (SSSR count). The maximum atomic E-state index is 6.71. The summed E-state index contributed by atoms with van der Waals surface area (Å²) in [7, 11) is -1.84. The quantitative estimate of drug-likeness (QED) is 0.555. The average Bonchev–Trinajstić information content (AvgIpc) is 2.72. The van der Waals surface area contributed by atoms with Crippen LogP contribution in [0.4, 0.5) is 0 Å². The van der Waals surface area contributed by atoms with Crippen molar-refractivity contribution in [2.45, 2.75) is 90.7 Å². The van der Waals surface area contributed by atoms with Crippen LogP contribution < -0.4 is 0 Å². The van der Waals surface area contributed by atoms with Crippen LogP contribution in [0, 0.1) is 5.92 Å². The van der Waals surface area contributed by atoms with Gasteiger partial charge in [-0.1, -0.05) is 33.8 Å². The Morgan fingerprint density at radius 3 is 2.14 bits per heavy atom. The molecule has 21 heavy (non-hydrogen) atoms. The first-order valence-electron chi connectivity index (χ1n) is 8.09. The molecule has 0 amide bonds. The predicted molar refractivity (Wildman–Crippen MR) is 88.8 cm³/mol. The summed E-state index contributed by atoms with van der Waals surface area (Å²) in [5.41, 5.74) is 1.34. The van der Waals surface area contributed by atoms with Gasteiger partial charge in [-0.3, -0.25) is 0 Å². The highest BCUT2D eigenvalue weighted by molar-refractivity contribution is 6.74. The molecule has 2 aliphatic rings. The topological polar surface area (TPSA) is 27.7 Å². The monoisotopic (exact) mass is 312 g/mol. The average molecular weight is 313 g/mol. The Morgan fingerprint density at radius 2 is 1.67 bits per heavy atom. The summed E-state index contributed by atoms with van der Waals surface area (Å²) >= 11 is 0. The van der Waals surface area contributed by atoms with E-state index >= 15 is 0 Å². The summed E-state index contributed by atoms with van der Waals surface area (Å²) in [5.74, 6) is -0.144. The van der Waals surface area contributed by atoms with Crippen LogP contribution in [-0.2, 0) is 13.9 Å². The maximum Gasteiger partial charge on any atom is 0.193 e. The second-order valence-corrected chi connectivity index (χ2v) is 13.2. The molecule has 4 heteroatoms. The van der Waals surface area contributed by atoms with Crippen molar-refractivity contribution in [2.75, 3.05) is 0 Å². The van der Waals surface area contributed by atoms with Crippen LogP contribution in [0.1, 0.15) is 48.5 Å². The van der Waals surface area contributed by atoms with Gasteiger partial charge in [-0.15, -0.1) is 0 Å². The molecule has 0 radical (unpaired) electrons. The second kappa shape index (κ2) is 5.19. The molecule has 0 bridgehead atoms. The van der Waals surface area contributed by atoms with Crippen molar-refractivity contribution < 1.29 is 13.9 Å². The minimum absolute atomic E-state index is 0.0234. The zero-order chi connectivity index (χ0) is 16.2. The van der Waals surface area contributed by atoms with E-state index in [1.807, 2.05) is 13.8 Å². The fourth-order valence-corrected chi connectivity index (χ4v) is 4.39. The summed E-state index contributed by atoms with van der Waals surface area (Å²) in [4.78, 5) is 0. The lowest BCUT2D eigenvalue weighted by Crippen LogP contribution is -2.47. The lowest BCUT2D eigenvalue weighted by Gasteiger charge is -2.40. The predicted octanol–water partition coefficient (Wildman–Crippen LogP) is 4.49. The van der Waals surface area contributed by atoms with Gasteiger partial charge >= 0.3 is 0 Å². The summed E-state index contributed by atoms with van der Waals surface area (Å²) in [6.07, 6.45) is 2.37. The Hall–Kier alpha value is -0.163. The molecule has 4 atom stereocenters. The van der Waals surface area contributed by atoms with Gasteiger partial charge in [0.25, 0.3) is 0 Å². The third-order valence-electron chi connectivity index (χ3n) is 5.37. The van der Waals surface area contributed by atoms with Crippen LogP contribution in [0.2, 0.25) is 18.1 Å². The van der Waals surface area contributed by atoms with Crippen molar-refractivity contribution in [1.82, 2.24) is 0 Å². The highest BCUT2D eigenvalue weighted by atomic mass is 28.4. The minimum Gasteiger partial charge on any atom is -0.407 e. The molecule has 0 aromatic carbocycles. The van der Waals surface area contributed by atoms with E-state index in [9.17, 15) is 0 Å². The maximum absolute atomic E-state index is 6.71. The van der Waals surface area contributed by atoms with Gasteiger partial charge in [-0.05, 0) is 44.5 Å². The van der Waals surface area contributed by atoms with Gasteiger partial charge < -0.3 is 13.9 Å². The van der Waals surface area contributed by atoms with E-state index in [1.54, 1.807) is 0 Å². The Kier molecular flexibility index (Phi) is 4.25. The van der Waals surface area contributed by atoms with Gasteiger partial charge in [-0.2, -0.15) is 0 Å². The molecule has 0 aromatic heterocycles. The normalized spacial score (nSPS) is 38.0. The Morgan fingerprint density at radius 1 is 1.14 bits per heavy atom. The molecule has 1 heterocycles. The standard InChI is InChI=1S/C17H32O3Si/c1-10-12-11(2)13-15(19-17(6,7)18-13)14(12)20-21(8,9)16(3,4)5/h10-11,13-15H,1-9H3/b12-10-/t11-,13-,14-,15-/m0/s1. The summed E-state index contributed by atoms with van der Waals surface area (Å²) < 4.78 is 19.0. The first-order chi connectivity index (χ1) is 9.39. The van der Waals surface area contributed by atoms with Crippen LogP contribution in [0.25, 0.3) is 0 Å². The molecule has 0 aromatic rings. The third kappa shape index (κ3) is 3.00. The van der Waals surface area contributed by atoms with Gasteiger partial charge in [0.2, 0.25) is 0 Å². The van der Waals surface area contributed by atoms with Crippen molar-refractivity contribution >= 4 is 8.32 Å². The summed E-state index contributed by atoms with van der Waals surface area (Å²) in [6.45, 7) is 19.8. The smallest absolute Gasteiger partial charge is 0.193 e. The van der Waals surface area contributed by atoms with Crippen molar-refractivity contribution in [3.05, 3.63) is 11.6 Å². The summed E-state index contributed by atoms with van der Waals surface area (Å²) in [5, 5.41) is 0.197. The SMILES string of the molecule is C/C=C1/[C@H](C)[C@@H]2OC(C)(C)O[C@@H]2[C@H]1O[Si](C)(C)C(C)(C)C. The van der Waals surface area contributed by atoms with Gasteiger partial charge in [0.05, 0.1) is 12.2 Å². The molecule has 1 aliphatic carbocycles. The molecule has 1 saturated carbocycles. The molecule has 2 fully saturated rings. The van der Waals surface area contributed by atoms with E-state index < -0.39 is 14.1 Å². The highest BCUT2D eigenvalue weighted by Gasteiger charge is 2.57. The Bertz CT molecular complexity index is 434. The van der Waals surface area contributed by atoms with Crippen LogP contribution in [0.5, 0.6) is 0 Å².